The number of rotatable bonds is 9. The van der Waals surface area contributed by atoms with Crippen molar-refractivity contribution >= 4 is 23.3 Å². The number of amides is 3. The third kappa shape index (κ3) is 6.26. The van der Waals surface area contributed by atoms with E-state index in [0.717, 1.165) is 37.9 Å². The van der Waals surface area contributed by atoms with Crippen molar-refractivity contribution in [1.29, 1.82) is 0 Å². The number of urea groups is 1. The molecule has 2 aromatic rings. The molecular weight excluding hydrogens is 430 g/mol. The minimum absolute atomic E-state index is 0.136. The Balaban J connectivity index is 1.55. The maximum Gasteiger partial charge on any atom is 0.341 e. The van der Waals surface area contributed by atoms with Crippen LogP contribution < -0.4 is 11.0 Å². The fraction of sp³-hybridized carbons (Fsp3) is 0.500. The minimum atomic E-state index is -0.651. The molecule has 3 rings (SSSR count). The summed E-state index contributed by atoms with van der Waals surface area (Å²) in [6.07, 6.45) is 4.83. The quantitative estimate of drug-likeness (QED) is 0.557. The molecule has 1 saturated heterocycles. The lowest BCUT2D eigenvalue weighted by atomic mass is 9.99. The molecule has 0 spiro atoms. The molecule has 0 bridgehead atoms. The van der Waals surface area contributed by atoms with Gasteiger partial charge in [-0.05, 0) is 67.1 Å². The number of thiophene rings is 1. The van der Waals surface area contributed by atoms with Crippen molar-refractivity contribution < 1.29 is 14.4 Å². The second-order valence-corrected chi connectivity index (χ2v) is 8.73. The van der Waals surface area contributed by atoms with Crippen LogP contribution in [0.2, 0.25) is 0 Å². The van der Waals surface area contributed by atoms with Gasteiger partial charge >= 0.3 is 6.03 Å². The zero-order valence-electron chi connectivity index (χ0n) is 18.5. The van der Waals surface area contributed by atoms with Crippen molar-refractivity contribution in [1.82, 2.24) is 25.7 Å². The summed E-state index contributed by atoms with van der Waals surface area (Å²) in [7, 11) is 1.44. The third-order valence-corrected chi connectivity index (χ3v) is 6.70. The molecule has 3 amide bonds. The second kappa shape index (κ2) is 11.9. The van der Waals surface area contributed by atoms with Crippen molar-refractivity contribution in [2.45, 2.75) is 51.2 Å². The Morgan fingerprint density at radius 2 is 2.16 bits per heavy atom. The Kier molecular flexibility index (Phi) is 8.98. The number of hydroxylamine groups is 2. The van der Waals surface area contributed by atoms with Gasteiger partial charge in [0.2, 0.25) is 5.91 Å². The number of piperidine rings is 1. The fourth-order valence-electron chi connectivity index (χ4n) is 4.16. The lowest BCUT2D eigenvalue weighted by Gasteiger charge is -2.40. The predicted octanol–water partition coefficient (Wildman–Crippen LogP) is 2.93. The molecule has 0 aliphatic carbocycles. The number of pyridine rings is 1. The highest BCUT2D eigenvalue weighted by molar-refractivity contribution is 7.07. The van der Waals surface area contributed by atoms with Gasteiger partial charge in [-0.25, -0.2) is 10.3 Å². The number of hydrogen-bond acceptors (Lipinski definition) is 7. The van der Waals surface area contributed by atoms with Crippen LogP contribution in [0.1, 0.15) is 47.8 Å². The van der Waals surface area contributed by atoms with Gasteiger partial charge in [0.25, 0.3) is 0 Å². The Labute approximate surface area is 192 Å². The first-order valence-electron chi connectivity index (χ1n) is 10.7. The summed E-state index contributed by atoms with van der Waals surface area (Å²) in [5, 5.41) is 14.8. The number of likely N-dealkylation sites (tertiary alicyclic amines) is 1. The first-order chi connectivity index (χ1) is 15.5. The summed E-state index contributed by atoms with van der Waals surface area (Å²) in [6, 6.07) is 5.52. The average Bonchev–Trinajstić information content (AvgIpc) is 3.34. The molecule has 10 heteroatoms. The largest absolute Gasteiger partial charge is 0.759 e. The lowest BCUT2D eigenvalue weighted by Crippen LogP contribution is -2.51. The van der Waals surface area contributed by atoms with Gasteiger partial charge in [0.05, 0.1) is 18.4 Å². The molecule has 2 aromatic heterocycles. The summed E-state index contributed by atoms with van der Waals surface area (Å²) in [5.74, 6) is -0.651. The smallest absolute Gasteiger partial charge is 0.341 e. The molecule has 32 heavy (non-hydrogen) atoms. The molecule has 174 valence electrons. The molecule has 0 saturated carbocycles. The van der Waals surface area contributed by atoms with E-state index < -0.39 is 5.91 Å². The average molecular weight is 461 g/mol. The topological polar surface area (TPSA) is 110 Å². The molecule has 1 aliphatic rings. The molecule has 1 atom stereocenters. The van der Waals surface area contributed by atoms with Gasteiger partial charge < -0.3 is 20.5 Å². The summed E-state index contributed by atoms with van der Waals surface area (Å²) < 4.78 is 0. The van der Waals surface area contributed by atoms with Crippen LogP contribution in [0.5, 0.6) is 0 Å². The van der Waals surface area contributed by atoms with E-state index in [2.05, 4.69) is 27.7 Å². The number of nitrogens with one attached hydrogen (secondary N) is 2. The summed E-state index contributed by atoms with van der Waals surface area (Å²) in [5.41, 5.74) is 5.99. The van der Waals surface area contributed by atoms with Gasteiger partial charge in [0, 0.05) is 37.9 Å². The van der Waals surface area contributed by atoms with Crippen molar-refractivity contribution in [3.05, 3.63) is 57.2 Å². The normalized spacial score (nSPS) is 15.8. The highest BCUT2D eigenvalue weighted by Crippen LogP contribution is 2.23. The van der Waals surface area contributed by atoms with Gasteiger partial charge in [0.1, 0.15) is 0 Å². The number of carbonyl (C=O) groups is 2. The Hall–Kier alpha value is -2.53. The van der Waals surface area contributed by atoms with Crippen LogP contribution >= 0.6 is 11.3 Å². The molecule has 9 nitrogen and oxygen atoms in total. The van der Waals surface area contributed by atoms with Crippen LogP contribution in [-0.4, -0.2) is 59.0 Å². The molecular formula is C22H30N5O4S-. The lowest BCUT2D eigenvalue weighted by molar-refractivity contribution is 0.0565. The van der Waals surface area contributed by atoms with Gasteiger partial charge in [-0.1, -0.05) is 0 Å². The van der Waals surface area contributed by atoms with Crippen LogP contribution in [0.3, 0.4) is 0 Å². The molecule has 0 radical (unpaired) electrons. The molecule has 0 unspecified atom stereocenters. The van der Waals surface area contributed by atoms with Crippen LogP contribution in [0, 0.1) is 5.21 Å². The third-order valence-electron chi connectivity index (χ3n) is 5.97. The Morgan fingerprint density at radius 1 is 1.38 bits per heavy atom. The number of nitrogens with zero attached hydrogens (tertiary/aromatic N) is 3. The first kappa shape index (κ1) is 24.1. The summed E-state index contributed by atoms with van der Waals surface area (Å²) in [4.78, 5) is 37.8. The number of aromatic nitrogens is 1. The molecule has 1 fully saturated rings. The Bertz CT molecular complexity index is 871. The zero-order chi connectivity index (χ0) is 22.9. The van der Waals surface area contributed by atoms with Crippen LogP contribution in [0.15, 0.2) is 35.2 Å². The van der Waals surface area contributed by atoms with Crippen LogP contribution in [0.25, 0.3) is 0 Å². The minimum Gasteiger partial charge on any atom is -0.759 e. The first-order valence-corrected chi connectivity index (χ1v) is 11.7. The Morgan fingerprint density at radius 3 is 2.81 bits per heavy atom. The number of carbonyl (C=O) groups excluding carboxylic acids is 2. The van der Waals surface area contributed by atoms with E-state index in [-0.39, 0.29) is 12.1 Å². The van der Waals surface area contributed by atoms with Gasteiger partial charge in [-0.15, -0.1) is 0 Å². The molecule has 3 heterocycles. The maximum absolute atomic E-state index is 12.6. The van der Waals surface area contributed by atoms with Gasteiger partial charge in [0.15, 0.2) is 0 Å². The monoisotopic (exact) mass is 460 g/mol. The zero-order valence-corrected chi connectivity index (χ0v) is 19.3. The summed E-state index contributed by atoms with van der Waals surface area (Å²) in [6.45, 7) is 4.48. The van der Waals surface area contributed by atoms with Crippen LogP contribution in [0.4, 0.5) is 4.79 Å². The van der Waals surface area contributed by atoms with Crippen molar-refractivity contribution in [3.63, 3.8) is 0 Å². The fourth-order valence-corrected chi connectivity index (χ4v) is 4.82. The summed E-state index contributed by atoms with van der Waals surface area (Å²) >= 11 is 1.62. The SMILES string of the molecule is CONC(=O)N(Cc1ccsc1)C1CCN([C@H](C)CCc2ncccc2C(=O)N[O-])CC1. The highest BCUT2D eigenvalue weighted by Gasteiger charge is 2.30. The van der Waals surface area contributed by atoms with E-state index >= 15 is 0 Å². The van der Waals surface area contributed by atoms with E-state index in [1.807, 2.05) is 16.3 Å². The van der Waals surface area contributed by atoms with Crippen molar-refractivity contribution in [3.8, 4) is 0 Å². The maximum atomic E-state index is 12.6. The molecule has 2 N–H and O–H groups in total. The number of aryl methyl sites for hydroxylation is 1. The van der Waals surface area contributed by atoms with Gasteiger partial charge in [-0.2, -0.15) is 11.3 Å². The predicted molar refractivity (Wildman–Crippen MR) is 123 cm³/mol. The number of hydrogen-bond donors (Lipinski definition) is 2. The van der Waals surface area contributed by atoms with E-state index in [1.165, 1.54) is 12.6 Å². The van der Waals surface area contributed by atoms with Crippen molar-refractivity contribution in [2.24, 2.45) is 0 Å². The van der Waals surface area contributed by atoms with E-state index in [9.17, 15) is 14.8 Å². The van der Waals surface area contributed by atoms with Crippen LogP contribution in [-0.2, 0) is 17.8 Å². The van der Waals surface area contributed by atoms with Crippen molar-refractivity contribution in [2.75, 3.05) is 20.2 Å². The molecule has 1 aliphatic heterocycles. The second-order valence-electron chi connectivity index (χ2n) is 7.95. The van der Waals surface area contributed by atoms with E-state index in [1.54, 1.807) is 29.7 Å². The van der Waals surface area contributed by atoms with Gasteiger partial charge in [-0.3, -0.25) is 14.6 Å². The van der Waals surface area contributed by atoms with E-state index in [0.29, 0.717) is 30.3 Å². The highest BCUT2D eigenvalue weighted by atomic mass is 32.1. The molecule has 0 aromatic carbocycles. The standard InChI is InChI=1S/C22H30N5O4S/c1-16(5-6-20-19(21(28)24-30)4-3-10-23-20)26-11-7-18(8-12-26)27(22(29)25-31-2)14-17-9-13-32-15-17/h3-4,9-10,13,15-16,18H,5-8,11-12,14H2,1-2H3,(H2-,24,25,28,29,30)/q-1/t16-/m1/s1. The van der Waals surface area contributed by atoms with E-state index in [4.69, 9.17) is 4.84 Å².